The summed E-state index contributed by atoms with van der Waals surface area (Å²) in [4.78, 5) is 0. The zero-order valence-electron chi connectivity index (χ0n) is 10.9. The summed E-state index contributed by atoms with van der Waals surface area (Å²) in [6.45, 7) is 3.63. The smallest absolute Gasteiger partial charge is 0.130 e. The van der Waals surface area contributed by atoms with Gasteiger partial charge in [0.15, 0.2) is 0 Å². The number of hydrogen-bond acceptors (Lipinski definition) is 4. The van der Waals surface area contributed by atoms with Crippen molar-refractivity contribution < 1.29 is 4.74 Å². The maximum Gasteiger partial charge on any atom is 0.130 e. The first kappa shape index (κ1) is 13.8. The second kappa shape index (κ2) is 6.02. The van der Waals surface area contributed by atoms with Crippen LogP contribution in [0.1, 0.15) is 24.1 Å². The van der Waals surface area contributed by atoms with Crippen molar-refractivity contribution in [2.24, 2.45) is 18.8 Å². The van der Waals surface area contributed by atoms with Crippen molar-refractivity contribution in [2.45, 2.75) is 32.2 Å². The molecule has 0 bridgehead atoms. The minimum Gasteiger partial charge on any atom is -0.381 e. The summed E-state index contributed by atoms with van der Waals surface area (Å²) in [7, 11) is 1.86. The number of aromatic nitrogens is 2. The number of ether oxygens (including phenoxy) is 1. The Hall–Kier alpha value is -0.620. The fourth-order valence-electron chi connectivity index (χ4n) is 2.61. The van der Waals surface area contributed by atoms with E-state index in [0.717, 1.165) is 43.7 Å². The number of nitrogens with zero attached hydrogens (tertiary/aromatic N) is 2. The van der Waals surface area contributed by atoms with Crippen LogP contribution in [0, 0.1) is 12.8 Å². The molecule has 6 heteroatoms. The van der Waals surface area contributed by atoms with Crippen LogP contribution >= 0.6 is 11.6 Å². The van der Waals surface area contributed by atoms with E-state index in [1.54, 1.807) is 4.68 Å². The second-order valence-corrected chi connectivity index (χ2v) is 5.26. The minimum atomic E-state index is 0.231. The third kappa shape index (κ3) is 2.85. The van der Waals surface area contributed by atoms with Gasteiger partial charge in [-0.05, 0) is 32.1 Å². The molecule has 2 heterocycles. The van der Waals surface area contributed by atoms with Crippen LogP contribution in [0.15, 0.2) is 0 Å². The normalized spacial score (nSPS) is 19.1. The molecule has 1 unspecified atom stereocenters. The first-order valence-electron chi connectivity index (χ1n) is 6.35. The topological polar surface area (TPSA) is 65.1 Å². The summed E-state index contributed by atoms with van der Waals surface area (Å²) in [5.41, 5.74) is 5.01. The van der Waals surface area contributed by atoms with Crippen LogP contribution in [-0.4, -0.2) is 29.0 Å². The summed E-state index contributed by atoms with van der Waals surface area (Å²) >= 11 is 6.26. The average Bonchev–Trinajstić information content (AvgIpc) is 2.62. The molecule has 1 aromatic rings. The number of rotatable bonds is 4. The van der Waals surface area contributed by atoms with Gasteiger partial charge in [0.2, 0.25) is 0 Å². The molecule has 1 aliphatic heterocycles. The van der Waals surface area contributed by atoms with Crippen molar-refractivity contribution >= 4 is 11.6 Å². The van der Waals surface area contributed by atoms with E-state index in [2.05, 4.69) is 10.5 Å². The Morgan fingerprint density at radius 2 is 2.22 bits per heavy atom. The lowest BCUT2D eigenvalue weighted by Crippen LogP contribution is -2.44. The molecular formula is C12H21ClN4O. The summed E-state index contributed by atoms with van der Waals surface area (Å²) in [5, 5.41) is 5.04. The van der Waals surface area contributed by atoms with E-state index in [-0.39, 0.29) is 6.04 Å². The van der Waals surface area contributed by atoms with E-state index in [4.69, 9.17) is 22.2 Å². The molecule has 0 spiro atoms. The van der Waals surface area contributed by atoms with Crippen LogP contribution in [0.25, 0.3) is 0 Å². The highest BCUT2D eigenvalue weighted by atomic mass is 35.5. The Bertz CT molecular complexity index is 401. The second-order valence-electron chi connectivity index (χ2n) is 4.91. The fourth-order valence-corrected chi connectivity index (χ4v) is 2.86. The van der Waals surface area contributed by atoms with Crippen molar-refractivity contribution in [1.82, 2.24) is 15.2 Å². The molecule has 0 radical (unpaired) electrons. The molecular weight excluding hydrogens is 252 g/mol. The molecule has 0 aliphatic carbocycles. The van der Waals surface area contributed by atoms with Crippen LogP contribution in [0.2, 0.25) is 5.15 Å². The van der Waals surface area contributed by atoms with Crippen LogP contribution in [0.4, 0.5) is 0 Å². The lowest BCUT2D eigenvalue weighted by Gasteiger charge is -2.29. The average molecular weight is 273 g/mol. The predicted molar refractivity (Wildman–Crippen MR) is 71.3 cm³/mol. The molecule has 1 atom stereocenters. The third-order valence-corrected chi connectivity index (χ3v) is 4.22. The van der Waals surface area contributed by atoms with E-state index in [1.165, 1.54) is 0 Å². The predicted octanol–water partition coefficient (Wildman–Crippen LogP) is 1.18. The van der Waals surface area contributed by atoms with Crippen LogP contribution in [-0.2, 0) is 18.2 Å². The highest BCUT2D eigenvalue weighted by molar-refractivity contribution is 6.30. The van der Waals surface area contributed by atoms with Gasteiger partial charge in [-0.1, -0.05) is 11.6 Å². The Morgan fingerprint density at radius 3 is 2.72 bits per heavy atom. The summed E-state index contributed by atoms with van der Waals surface area (Å²) in [5.74, 6) is 6.24. The molecule has 5 nitrogen and oxygen atoms in total. The molecule has 102 valence electrons. The summed E-state index contributed by atoms with van der Waals surface area (Å²) in [6.07, 6.45) is 2.91. The molecule has 18 heavy (non-hydrogen) atoms. The van der Waals surface area contributed by atoms with Gasteiger partial charge >= 0.3 is 0 Å². The molecule has 1 aromatic heterocycles. The number of nitrogens with one attached hydrogen (secondary N) is 1. The highest BCUT2D eigenvalue weighted by Crippen LogP contribution is 2.25. The molecule has 2 rings (SSSR count). The lowest BCUT2D eigenvalue weighted by molar-refractivity contribution is 0.0537. The van der Waals surface area contributed by atoms with Crippen LogP contribution in [0.3, 0.4) is 0 Å². The first-order valence-corrected chi connectivity index (χ1v) is 6.73. The Balaban J connectivity index is 2.09. The van der Waals surface area contributed by atoms with Gasteiger partial charge in [0.25, 0.3) is 0 Å². The standard InChI is InChI=1S/C12H21ClN4O/c1-8-10(12(13)17(2)16-8)7-11(15-14)9-3-5-18-6-4-9/h9,11,15H,3-7,14H2,1-2H3. The molecule has 3 N–H and O–H groups in total. The Labute approximate surface area is 113 Å². The van der Waals surface area contributed by atoms with Crippen molar-refractivity contribution in [1.29, 1.82) is 0 Å². The van der Waals surface area contributed by atoms with E-state index < -0.39 is 0 Å². The van der Waals surface area contributed by atoms with E-state index in [0.29, 0.717) is 11.1 Å². The number of hydrogen-bond donors (Lipinski definition) is 2. The molecule has 1 aliphatic rings. The van der Waals surface area contributed by atoms with Gasteiger partial charge in [-0.2, -0.15) is 5.10 Å². The number of hydrazine groups is 1. The van der Waals surface area contributed by atoms with Gasteiger partial charge in [0.05, 0.1) is 5.69 Å². The largest absolute Gasteiger partial charge is 0.381 e. The Kier molecular flexibility index (Phi) is 4.61. The van der Waals surface area contributed by atoms with Gasteiger partial charge in [-0.25, -0.2) is 0 Å². The minimum absolute atomic E-state index is 0.231. The number of nitrogens with two attached hydrogens (primary N) is 1. The Morgan fingerprint density at radius 1 is 1.56 bits per heavy atom. The first-order chi connectivity index (χ1) is 8.63. The third-order valence-electron chi connectivity index (χ3n) is 3.74. The van der Waals surface area contributed by atoms with Gasteiger partial charge in [-0.3, -0.25) is 16.0 Å². The van der Waals surface area contributed by atoms with E-state index in [1.807, 2.05) is 14.0 Å². The SMILES string of the molecule is Cc1nn(C)c(Cl)c1CC(NN)C1CCOCC1. The molecule has 0 amide bonds. The van der Waals surface area contributed by atoms with E-state index in [9.17, 15) is 0 Å². The monoisotopic (exact) mass is 272 g/mol. The zero-order chi connectivity index (χ0) is 13.1. The van der Waals surface area contributed by atoms with Crippen LogP contribution < -0.4 is 11.3 Å². The summed E-state index contributed by atoms with van der Waals surface area (Å²) < 4.78 is 7.10. The van der Waals surface area contributed by atoms with Gasteiger partial charge in [-0.15, -0.1) is 0 Å². The highest BCUT2D eigenvalue weighted by Gasteiger charge is 2.25. The number of aryl methyl sites for hydroxylation is 2. The zero-order valence-corrected chi connectivity index (χ0v) is 11.7. The fraction of sp³-hybridized carbons (Fsp3) is 0.750. The molecule has 1 fully saturated rings. The van der Waals surface area contributed by atoms with E-state index >= 15 is 0 Å². The maximum atomic E-state index is 6.26. The van der Waals surface area contributed by atoms with Crippen molar-refractivity contribution in [2.75, 3.05) is 13.2 Å². The quantitative estimate of drug-likeness (QED) is 0.638. The van der Waals surface area contributed by atoms with Gasteiger partial charge < -0.3 is 4.74 Å². The number of halogens is 1. The lowest BCUT2D eigenvalue weighted by atomic mass is 9.88. The van der Waals surface area contributed by atoms with Crippen molar-refractivity contribution in [3.63, 3.8) is 0 Å². The van der Waals surface area contributed by atoms with Crippen molar-refractivity contribution in [3.05, 3.63) is 16.4 Å². The van der Waals surface area contributed by atoms with Gasteiger partial charge in [0.1, 0.15) is 5.15 Å². The molecule has 0 aromatic carbocycles. The summed E-state index contributed by atoms with van der Waals surface area (Å²) in [6, 6.07) is 0.231. The molecule has 0 saturated carbocycles. The molecule has 1 saturated heterocycles. The van der Waals surface area contributed by atoms with Crippen LogP contribution in [0.5, 0.6) is 0 Å². The van der Waals surface area contributed by atoms with Crippen molar-refractivity contribution in [3.8, 4) is 0 Å². The van der Waals surface area contributed by atoms with Gasteiger partial charge in [0, 0.05) is 31.9 Å². The maximum absolute atomic E-state index is 6.26.